The molecular weight excluding hydrogens is 260 g/mol. The first kappa shape index (κ1) is 18.9. The topological polar surface area (TPSA) is 102 Å². The average molecular weight is 288 g/mol. The maximum atomic E-state index is 11.7. The van der Waals surface area contributed by atoms with Gasteiger partial charge in [-0.1, -0.05) is 20.8 Å². The molecule has 2 unspecified atom stereocenters. The van der Waals surface area contributed by atoms with Gasteiger partial charge in [0.15, 0.2) is 0 Å². The van der Waals surface area contributed by atoms with E-state index < -0.39 is 12.1 Å². The SMILES string of the molecule is COC(CN)C(=O)NCCC(CCC(=O)O)C(C)(C)C. The lowest BCUT2D eigenvalue weighted by atomic mass is 9.76. The Labute approximate surface area is 121 Å². The van der Waals surface area contributed by atoms with E-state index in [2.05, 4.69) is 26.1 Å². The Morgan fingerprint density at radius 1 is 1.30 bits per heavy atom. The molecule has 2 atom stereocenters. The highest BCUT2D eigenvalue weighted by Gasteiger charge is 2.25. The highest BCUT2D eigenvalue weighted by molar-refractivity contribution is 5.80. The first-order valence-corrected chi connectivity index (χ1v) is 6.94. The van der Waals surface area contributed by atoms with Crippen molar-refractivity contribution in [3.05, 3.63) is 0 Å². The molecule has 0 bridgehead atoms. The van der Waals surface area contributed by atoms with Gasteiger partial charge < -0.3 is 20.9 Å². The number of aliphatic carboxylic acids is 1. The molecule has 0 saturated heterocycles. The fourth-order valence-electron chi connectivity index (χ4n) is 2.10. The molecule has 0 radical (unpaired) electrons. The summed E-state index contributed by atoms with van der Waals surface area (Å²) in [5.41, 5.74) is 5.42. The fraction of sp³-hybridized carbons (Fsp3) is 0.857. The van der Waals surface area contributed by atoms with Crippen molar-refractivity contribution in [3.63, 3.8) is 0 Å². The van der Waals surface area contributed by atoms with Gasteiger partial charge in [-0.25, -0.2) is 0 Å². The van der Waals surface area contributed by atoms with Crippen LogP contribution in [0.2, 0.25) is 0 Å². The summed E-state index contributed by atoms with van der Waals surface area (Å²) in [5.74, 6) is -0.774. The van der Waals surface area contributed by atoms with Crippen LogP contribution in [0.1, 0.15) is 40.0 Å². The molecule has 0 aromatic rings. The van der Waals surface area contributed by atoms with E-state index >= 15 is 0 Å². The lowest BCUT2D eigenvalue weighted by Crippen LogP contribution is -2.41. The van der Waals surface area contributed by atoms with Gasteiger partial charge in [-0.05, 0) is 24.2 Å². The minimum atomic E-state index is -0.786. The van der Waals surface area contributed by atoms with Gasteiger partial charge in [0.1, 0.15) is 6.10 Å². The number of carboxylic acid groups (broad SMARTS) is 1. The molecule has 1 amide bonds. The van der Waals surface area contributed by atoms with Crippen LogP contribution in [0.4, 0.5) is 0 Å². The van der Waals surface area contributed by atoms with Gasteiger partial charge >= 0.3 is 5.97 Å². The molecule has 0 fully saturated rings. The maximum Gasteiger partial charge on any atom is 0.303 e. The Morgan fingerprint density at radius 2 is 1.90 bits per heavy atom. The van der Waals surface area contributed by atoms with E-state index in [9.17, 15) is 9.59 Å². The van der Waals surface area contributed by atoms with Crippen LogP contribution in [0.15, 0.2) is 0 Å². The zero-order valence-corrected chi connectivity index (χ0v) is 12.9. The van der Waals surface area contributed by atoms with Gasteiger partial charge in [0, 0.05) is 26.6 Å². The Morgan fingerprint density at radius 3 is 2.30 bits per heavy atom. The van der Waals surface area contributed by atoms with Crippen LogP contribution in [-0.2, 0) is 14.3 Å². The highest BCUT2D eigenvalue weighted by Crippen LogP contribution is 2.32. The summed E-state index contributed by atoms with van der Waals surface area (Å²) in [6.07, 6.45) is 0.879. The number of nitrogens with two attached hydrogens (primary N) is 1. The summed E-state index contributed by atoms with van der Waals surface area (Å²) in [6, 6.07) is 0. The molecule has 0 aliphatic heterocycles. The minimum Gasteiger partial charge on any atom is -0.481 e. The third kappa shape index (κ3) is 7.45. The molecule has 0 spiro atoms. The molecule has 0 heterocycles. The van der Waals surface area contributed by atoms with Crippen LogP contribution >= 0.6 is 0 Å². The number of ether oxygens (including phenoxy) is 1. The predicted molar refractivity (Wildman–Crippen MR) is 77.3 cm³/mol. The van der Waals surface area contributed by atoms with Crippen LogP contribution in [0.25, 0.3) is 0 Å². The van der Waals surface area contributed by atoms with Crippen LogP contribution in [0.3, 0.4) is 0 Å². The number of carbonyl (C=O) groups is 2. The zero-order chi connectivity index (χ0) is 15.8. The Hall–Kier alpha value is -1.14. The van der Waals surface area contributed by atoms with Crippen LogP contribution in [0, 0.1) is 11.3 Å². The third-order valence-electron chi connectivity index (χ3n) is 3.51. The average Bonchev–Trinajstić information content (AvgIpc) is 2.33. The second kappa shape index (κ2) is 8.92. The number of hydrogen-bond acceptors (Lipinski definition) is 4. The van der Waals surface area contributed by atoms with Gasteiger partial charge in [0.05, 0.1) is 0 Å². The Balaban J connectivity index is 4.27. The largest absolute Gasteiger partial charge is 0.481 e. The molecule has 20 heavy (non-hydrogen) atoms. The quantitative estimate of drug-likeness (QED) is 0.587. The molecule has 118 valence electrons. The van der Waals surface area contributed by atoms with E-state index in [0.717, 1.165) is 6.42 Å². The van der Waals surface area contributed by atoms with E-state index in [-0.39, 0.29) is 30.2 Å². The van der Waals surface area contributed by atoms with Crippen LogP contribution < -0.4 is 11.1 Å². The third-order valence-corrected chi connectivity index (χ3v) is 3.51. The number of hydrogen-bond donors (Lipinski definition) is 3. The predicted octanol–water partition coefficient (Wildman–Crippen LogP) is 0.994. The molecule has 0 aromatic heterocycles. The molecule has 0 rings (SSSR count). The van der Waals surface area contributed by atoms with Crippen molar-refractivity contribution in [2.75, 3.05) is 20.2 Å². The van der Waals surface area contributed by atoms with Crippen molar-refractivity contribution in [1.29, 1.82) is 0 Å². The number of carbonyl (C=O) groups excluding carboxylic acids is 1. The van der Waals surface area contributed by atoms with E-state index in [1.165, 1.54) is 7.11 Å². The summed E-state index contributed by atoms with van der Waals surface area (Å²) in [5, 5.41) is 11.6. The molecule has 0 aliphatic carbocycles. The number of rotatable bonds is 9. The maximum absolute atomic E-state index is 11.7. The summed E-state index contributed by atoms with van der Waals surface area (Å²) < 4.78 is 4.95. The first-order valence-electron chi connectivity index (χ1n) is 6.94. The monoisotopic (exact) mass is 288 g/mol. The molecule has 6 heteroatoms. The number of carboxylic acids is 1. The van der Waals surface area contributed by atoms with Crippen molar-refractivity contribution < 1.29 is 19.4 Å². The summed E-state index contributed by atoms with van der Waals surface area (Å²) in [4.78, 5) is 22.4. The van der Waals surface area contributed by atoms with Crippen molar-refractivity contribution in [1.82, 2.24) is 5.32 Å². The lowest BCUT2D eigenvalue weighted by Gasteiger charge is -2.30. The molecule has 0 saturated carbocycles. The van der Waals surface area contributed by atoms with Crippen LogP contribution in [0.5, 0.6) is 0 Å². The van der Waals surface area contributed by atoms with E-state index in [4.69, 9.17) is 15.6 Å². The summed E-state index contributed by atoms with van der Waals surface area (Å²) in [7, 11) is 1.45. The molecule has 6 nitrogen and oxygen atoms in total. The van der Waals surface area contributed by atoms with E-state index in [1.54, 1.807) is 0 Å². The van der Waals surface area contributed by atoms with Gasteiger partial charge in [-0.15, -0.1) is 0 Å². The van der Waals surface area contributed by atoms with Gasteiger partial charge in [-0.2, -0.15) is 0 Å². The van der Waals surface area contributed by atoms with E-state index in [0.29, 0.717) is 13.0 Å². The van der Waals surface area contributed by atoms with Gasteiger partial charge in [0.25, 0.3) is 0 Å². The molecule has 0 aliphatic rings. The standard InChI is InChI=1S/C14H28N2O4/c1-14(2,3)10(5-6-12(17)18)7-8-16-13(19)11(9-15)20-4/h10-11H,5-9,15H2,1-4H3,(H,16,19)(H,17,18). The van der Waals surface area contributed by atoms with Crippen molar-refractivity contribution in [2.45, 2.75) is 46.1 Å². The molecular formula is C14H28N2O4. The fourth-order valence-corrected chi connectivity index (χ4v) is 2.10. The number of nitrogens with one attached hydrogen (secondary N) is 1. The van der Waals surface area contributed by atoms with Crippen LogP contribution in [-0.4, -0.2) is 43.3 Å². The second-order valence-electron chi connectivity index (χ2n) is 6.04. The number of methoxy groups -OCH3 is 1. The molecule has 4 N–H and O–H groups in total. The second-order valence-corrected chi connectivity index (χ2v) is 6.04. The Kier molecular flexibility index (Phi) is 8.41. The first-order chi connectivity index (χ1) is 9.22. The smallest absolute Gasteiger partial charge is 0.303 e. The summed E-state index contributed by atoms with van der Waals surface area (Å²) >= 11 is 0. The van der Waals surface area contributed by atoms with Crippen molar-refractivity contribution in [2.24, 2.45) is 17.1 Å². The number of amides is 1. The highest BCUT2D eigenvalue weighted by atomic mass is 16.5. The minimum absolute atomic E-state index is 0.00863. The normalized spacial score (nSPS) is 14.7. The van der Waals surface area contributed by atoms with Crippen molar-refractivity contribution in [3.8, 4) is 0 Å². The summed E-state index contributed by atoms with van der Waals surface area (Å²) in [6.45, 7) is 6.89. The lowest BCUT2D eigenvalue weighted by molar-refractivity contribution is -0.137. The van der Waals surface area contributed by atoms with Gasteiger partial charge in [0.2, 0.25) is 5.91 Å². The van der Waals surface area contributed by atoms with E-state index in [1.807, 2.05) is 0 Å². The zero-order valence-electron chi connectivity index (χ0n) is 12.9. The molecule has 0 aromatic carbocycles. The van der Waals surface area contributed by atoms with Gasteiger partial charge in [-0.3, -0.25) is 9.59 Å². The van der Waals surface area contributed by atoms with Crippen molar-refractivity contribution >= 4 is 11.9 Å². The Bertz CT molecular complexity index is 309.